The van der Waals surface area contributed by atoms with Crippen molar-refractivity contribution in [3.8, 4) is 0 Å². The Hall–Kier alpha value is -0.0777. The predicted molar refractivity (Wildman–Crippen MR) is 17.9 cm³/mol. The zero-order valence-corrected chi connectivity index (χ0v) is 4.53. The van der Waals surface area contributed by atoms with Crippen LogP contribution in [-0.4, -0.2) is 20.2 Å². The number of rotatable bonds is 0. The average Bonchev–Trinajstić information content (AvgIpc) is 1.62. The molecular weight excluding hydrogens is 131 g/mol. The molecule has 0 aliphatic carbocycles. The van der Waals surface area contributed by atoms with Gasteiger partial charge in [-0.05, 0) is 0 Å². The van der Waals surface area contributed by atoms with Crippen LogP contribution in [0, 0.1) is 0 Å². The van der Waals surface area contributed by atoms with E-state index in [4.69, 9.17) is 0 Å². The second-order valence-corrected chi connectivity index (χ2v) is 0.903. The maximum absolute atomic E-state index is 10.9. The third-order valence-corrected chi connectivity index (χ3v) is 0.338. The third-order valence-electron chi connectivity index (χ3n) is 0.338. The van der Waals surface area contributed by atoms with Crippen molar-refractivity contribution in [2.45, 2.75) is 6.18 Å². The fourth-order valence-electron chi connectivity index (χ4n) is 0.0668. The number of hydrogen-bond donors (Lipinski definition) is 0. The molecule has 0 atom stereocenters. The monoisotopic (exact) mass is 131 g/mol. The maximum atomic E-state index is 10.9. The minimum atomic E-state index is -4.98. The van der Waals surface area contributed by atoms with Crippen LogP contribution in [-0.2, 0) is 9.45 Å². The van der Waals surface area contributed by atoms with E-state index in [0.29, 0.717) is 0 Å². The third kappa shape index (κ3) is 4.43. The molecule has 0 N–H and O–H groups in total. The largest absolute Gasteiger partial charge is 1.00 e. The molecule has 0 saturated carbocycles. The molecule has 0 fully saturated rings. The summed E-state index contributed by atoms with van der Waals surface area (Å²) < 4.78 is 35.5. The van der Waals surface area contributed by atoms with Crippen molar-refractivity contribution in [2.75, 3.05) is 0 Å². The van der Waals surface area contributed by atoms with Gasteiger partial charge < -0.3 is 12.7 Å². The fourth-order valence-corrected chi connectivity index (χ4v) is 0.0668. The summed E-state index contributed by atoms with van der Waals surface area (Å²) in [6, 6.07) is 0. The molecule has 7 heteroatoms. The Bertz CT molecular complexity index is 102. The van der Waals surface area contributed by atoms with Gasteiger partial charge in [0.1, 0.15) is 0 Å². The zero-order chi connectivity index (χ0) is 6.78. The summed E-state index contributed by atoms with van der Waals surface area (Å²) in [5.74, 6) is -2.39. The molecule has 0 aromatic heterocycles. The van der Waals surface area contributed by atoms with E-state index in [1.165, 1.54) is 0 Å². The van der Waals surface area contributed by atoms with Crippen molar-refractivity contribution >= 4 is 14.0 Å². The summed E-state index contributed by atoms with van der Waals surface area (Å²) in [4.78, 5) is 9.36. The summed E-state index contributed by atoms with van der Waals surface area (Å²) in [6.45, 7) is 0. The Balaban J connectivity index is 0. The molecule has 0 rings (SSSR count). The first kappa shape index (κ1) is 11.7. The van der Waals surface area contributed by atoms with Crippen molar-refractivity contribution in [1.82, 2.24) is 0 Å². The number of carbonyl (C=O) groups is 1. The van der Waals surface area contributed by atoms with Crippen molar-refractivity contribution < 1.29 is 41.5 Å². The standard InChI is InChI=1S/C2BF3O2.Li/c3-8-1(7)2(4,5)6;/q-1;+1. The molecule has 0 unspecified atom stereocenters. The predicted octanol–water partition coefficient (Wildman–Crippen LogP) is -2.82. The van der Waals surface area contributed by atoms with Gasteiger partial charge in [0.05, 0.1) is 0 Å². The average molecular weight is 131 g/mol. The molecule has 0 saturated heterocycles. The molecule has 0 aliphatic heterocycles. The second-order valence-electron chi connectivity index (χ2n) is 0.903. The van der Waals surface area contributed by atoms with Crippen LogP contribution >= 0.6 is 0 Å². The number of alkyl halides is 3. The van der Waals surface area contributed by atoms with Crippen molar-refractivity contribution in [1.29, 1.82) is 0 Å². The Kier molecular flexibility index (Phi) is 5.01. The summed E-state index contributed by atoms with van der Waals surface area (Å²) >= 11 is 0. The maximum Gasteiger partial charge on any atom is 1.00 e. The Labute approximate surface area is 62.4 Å². The molecule has 9 heavy (non-hydrogen) atoms. The van der Waals surface area contributed by atoms with Gasteiger partial charge in [-0.15, -0.1) is 0 Å². The van der Waals surface area contributed by atoms with E-state index >= 15 is 0 Å². The van der Waals surface area contributed by atoms with Crippen LogP contribution in [0.3, 0.4) is 0 Å². The molecular formula is C2BF3LiO2. The van der Waals surface area contributed by atoms with Crippen molar-refractivity contribution in [3.63, 3.8) is 0 Å². The number of halogens is 3. The number of hydrogen-bond acceptors (Lipinski definition) is 2. The molecule has 0 spiro atoms. The van der Waals surface area contributed by atoms with E-state index in [9.17, 15) is 18.0 Å². The van der Waals surface area contributed by atoms with E-state index < -0.39 is 12.1 Å². The SMILES string of the molecule is [B-]OC(=O)C(F)(F)F.[Li+]. The van der Waals surface area contributed by atoms with E-state index in [1.807, 2.05) is 0 Å². The van der Waals surface area contributed by atoms with Crippen molar-refractivity contribution in [2.24, 2.45) is 0 Å². The van der Waals surface area contributed by atoms with E-state index in [1.54, 1.807) is 0 Å². The van der Waals surface area contributed by atoms with Gasteiger partial charge in [-0.25, -0.2) is 4.79 Å². The van der Waals surface area contributed by atoms with Crippen LogP contribution in [0.15, 0.2) is 0 Å². The van der Waals surface area contributed by atoms with Gasteiger partial charge in [-0.3, -0.25) is 0 Å². The van der Waals surface area contributed by atoms with Crippen LogP contribution in [0.4, 0.5) is 13.2 Å². The van der Waals surface area contributed by atoms with Gasteiger partial charge in [0, 0.05) is 0 Å². The van der Waals surface area contributed by atoms with Gasteiger partial charge in [-0.2, -0.15) is 13.2 Å². The van der Waals surface area contributed by atoms with E-state index in [-0.39, 0.29) is 18.9 Å². The Morgan fingerprint density at radius 3 is 1.78 bits per heavy atom. The molecule has 0 amide bonds. The fraction of sp³-hybridized carbons (Fsp3) is 0.500. The van der Waals surface area contributed by atoms with Crippen LogP contribution in [0.1, 0.15) is 0 Å². The first-order valence-corrected chi connectivity index (χ1v) is 1.46. The minimum absolute atomic E-state index is 0. The topological polar surface area (TPSA) is 26.3 Å². The van der Waals surface area contributed by atoms with Gasteiger partial charge in [-0.1, -0.05) is 0 Å². The molecule has 0 aromatic rings. The molecule has 3 radical (unpaired) electrons. The van der Waals surface area contributed by atoms with Crippen molar-refractivity contribution in [3.05, 3.63) is 0 Å². The van der Waals surface area contributed by atoms with E-state index in [2.05, 4.69) is 12.7 Å². The van der Waals surface area contributed by atoms with Gasteiger partial charge in [0.2, 0.25) is 0 Å². The first-order valence-electron chi connectivity index (χ1n) is 1.46. The molecule has 0 bridgehead atoms. The minimum Gasteiger partial charge on any atom is -0.787 e. The molecule has 45 valence electrons. The molecule has 2 nitrogen and oxygen atoms in total. The number of carbonyl (C=O) groups excluding carboxylic acids is 1. The van der Waals surface area contributed by atoms with Gasteiger partial charge in [0.25, 0.3) is 0 Å². The summed E-state index contributed by atoms with van der Waals surface area (Å²) in [7, 11) is 3.89. The molecule has 0 aliphatic rings. The van der Waals surface area contributed by atoms with Crippen LogP contribution in [0.5, 0.6) is 0 Å². The smallest absolute Gasteiger partial charge is 0.787 e. The first-order chi connectivity index (χ1) is 3.48. The van der Waals surface area contributed by atoms with Gasteiger partial charge in [0.15, 0.2) is 0 Å². The van der Waals surface area contributed by atoms with Gasteiger partial charge >= 0.3 is 31.0 Å². The Morgan fingerprint density at radius 2 is 1.78 bits per heavy atom. The quantitative estimate of drug-likeness (QED) is 0.331. The summed E-state index contributed by atoms with van der Waals surface area (Å²) in [6.07, 6.45) is -4.98. The normalized spacial score (nSPS) is 9.78. The summed E-state index contributed by atoms with van der Waals surface area (Å²) in [5, 5.41) is 0. The zero-order valence-electron chi connectivity index (χ0n) is 4.53. The molecule has 0 aromatic carbocycles. The van der Waals surface area contributed by atoms with Crippen LogP contribution in [0.2, 0.25) is 0 Å². The Morgan fingerprint density at radius 1 is 1.44 bits per heavy atom. The van der Waals surface area contributed by atoms with E-state index in [0.717, 1.165) is 0 Å². The molecule has 0 heterocycles. The summed E-state index contributed by atoms with van der Waals surface area (Å²) in [5.41, 5.74) is 0. The van der Waals surface area contributed by atoms with Crippen LogP contribution in [0.25, 0.3) is 0 Å². The second kappa shape index (κ2) is 3.86. The van der Waals surface area contributed by atoms with Crippen LogP contribution < -0.4 is 18.9 Å².